The zero-order valence-corrected chi connectivity index (χ0v) is 19.8. The number of hydrogen-bond acceptors (Lipinski definition) is 8. The Morgan fingerprint density at radius 3 is 2.34 bits per heavy atom. The lowest BCUT2D eigenvalue weighted by molar-refractivity contribution is 0.602. The van der Waals surface area contributed by atoms with E-state index in [9.17, 15) is 8.42 Å². The first-order chi connectivity index (χ1) is 15.4. The number of nitrogens with one attached hydrogen (secondary N) is 2. The van der Waals surface area contributed by atoms with Crippen LogP contribution in [0.2, 0.25) is 0 Å². The quantitative estimate of drug-likeness (QED) is 0.321. The monoisotopic (exact) mass is 526 g/mol. The van der Waals surface area contributed by atoms with E-state index in [4.69, 9.17) is 0 Å². The van der Waals surface area contributed by atoms with Crippen LogP contribution in [0.3, 0.4) is 0 Å². The summed E-state index contributed by atoms with van der Waals surface area (Å²) in [6.45, 7) is 1.95. The molecule has 2 aromatic heterocycles. The molecule has 2 heterocycles. The van der Waals surface area contributed by atoms with E-state index in [0.717, 1.165) is 27.5 Å². The third-order valence-electron chi connectivity index (χ3n) is 4.78. The van der Waals surface area contributed by atoms with Gasteiger partial charge in [0, 0.05) is 10.2 Å². The van der Waals surface area contributed by atoms with Crippen LogP contribution >= 0.6 is 27.7 Å². The second kappa shape index (κ2) is 8.08. The van der Waals surface area contributed by atoms with E-state index >= 15 is 0 Å². The minimum atomic E-state index is -4.01. The number of hydrogen-bond donors (Lipinski definition) is 2. The third kappa shape index (κ3) is 3.90. The molecule has 11 heteroatoms. The van der Waals surface area contributed by atoms with E-state index in [2.05, 4.69) is 44.7 Å². The summed E-state index contributed by atoms with van der Waals surface area (Å²) in [6, 6.07) is 17.9. The summed E-state index contributed by atoms with van der Waals surface area (Å²) in [5, 5.41) is 3.22. The van der Waals surface area contributed by atoms with Crippen molar-refractivity contribution in [2.75, 3.05) is 10.0 Å². The van der Waals surface area contributed by atoms with E-state index < -0.39 is 10.0 Å². The number of benzene rings is 3. The summed E-state index contributed by atoms with van der Waals surface area (Å²) in [5.41, 5.74) is 3.78. The molecule has 0 unspecified atom stereocenters. The average molecular weight is 527 g/mol. The second-order valence-electron chi connectivity index (χ2n) is 6.99. The van der Waals surface area contributed by atoms with Crippen LogP contribution in [0.15, 0.2) is 70.0 Å². The number of nitrogens with zero attached hydrogens (tertiary/aromatic N) is 4. The van der Waals surface area contributed by atoms with E-state index in [1.165, 1.54) is 6.07 Å². The van der Waals surface area contributed by atoms with Gasteiger partial charge in [0.25, 0.3) is 10.0 Å². The first kappa shape index (κ1) is 20.7. The maximum Gasteiger partial charge on any atom is 0.265 e. The number of halogens is 1. The summed E-state index contributed by atoms with van der Waals surface area (Å²) < 4.78 is 38.4. The van der Waals surface area contributed by atoms with E-state index in [0.29, 0.717) is 27.9 Å². The van der Waals surface area contributed by atoms with Gasteiger partial charge in [0.15, 0.2) is 11.6 Å². The first-order valence-electron chi connectivity index (χ1n) is 9.45. The fraction of sp³-hybridized carbons (Fsp3) is 0.0476. The highest BCUT2D eigenvalue weighted by Gasteiger charge is 2.23. The number of aryl methyl sites for hydroxylation is 1. The summed E-state index contributed by atoms with van der Waals surface area (Å²) in [5.74, 6) is 0.382. The molecule has 5 rings (SSSR count). The van der Waals surface area contributed by atoms with Crippen LogP contribution in [0.4, 0.5) is 17.3 Å². The fourth-order valence-corrected chi connectivity index (χ4v) is 5.49. The van der Waals surface area contributed by atoms with E-state index in [-0.39, 0.29) is 10.7 Å². The van der Waals surface area contributed by atoms with Gasteiger partial charge in [0.05, 0.1) is 22.8 Å². The zero-order valence-electron chi connectivity index (χ0n) is 16.6. The van der Waals surface area contributed by atoms with Gasteiger partial charge in [-0.3, -0.25) is 4.72 Å². The van der Waals surface area contributed by atoms with Crippen LogP contribution < -0.4 is 10.0 Å². The minimum absolute atomic E-state index is 0.0319. The predicted molar refractivity (Wildman–Crippen MR) is 130 cm³/mol. The Morgan fingerprint density at radius 2 is 1.59 bits per heavy atom. The predicted octanol–water partition coefficient (Wildman–Crippen LogP) is 5.25. The molecule has 0 aliphatic carbocycles. The van der Waals surface area contributed by atoms with Crippen molar-refractivity contribution in [1.82, 2.24) is 18.7 Å². The maximum absolute atomic E-state index is 13.3. The van der Waals surface area contributed by atoms with Crippen LogP contribution in [-0.2, 0) is 10.0 Å². The standard InChI is InChI=1S/C21H15BrN6O2S2/c1-12-11-13(22)9-10-14(12)23-20-21(25-16-6-3-2-5-15(16)24-20)28-32(29,30)18-8-4-7-17-19(18)27-31-26-17/h2-11H,1H3,(H,23,24)(H,25,28). The Morgan fingerprint density at radius 1 is 0.875 bits per heavy atom. The number of aromatic nitrogens is 4. The van der Waals surface area contributed by atoms with Crippen LogP contribution in [-0.4, -0.2) is 27.1 Å². The number of para-hydroxylation sites is 2. The molecule has 0 aliphatic rings. The SMILES string of the molecule is Cc1cc(Br)ccc1Nc1nc2ccccc2nc1NS(=O)(=O)c1cccc2nsnc12. The highest BCUT2D eigenvalue weighted by molar-refractivity contribution is 9.10. The number of fused-ring (bicyclic) bond motifs is 2. The van der Waals surface area contributed by atoms with Crippen molar-refractivity contribution < 1.29 is 8.42 Å². The van der Waals surface area contributed by atoms with Crippen molar-refractivity contribution in [3.05, 3.63) is 70.7 Å². The lowest BCUT2D eigenvalue weighted by Crippen LogP contribution is -2.16. The van der Waals surface area contributed by atoms with Gasteiger partial charge < -0.3 is 5.32 Å². The van der Waals surface area contributed by atoms with Crippen LogP contribution in [0.5, 0.6) is 0 Å². The molecule has 3 aromatic carbocycles. The topological polar surface area (TPSA) is 110 Å². The van der Waals surface area contributed by atoms with Gasteiger partial charge in [0.2, 0.25) is 0 Å². The molecule has 0 atom stereocenters. The Balaban J connectivity index is 1.62. The summed E-state index contributed by atoms with van der Waals surface area (Å²) in [7, 11) is -4.01. The van der Waals surface area contributed by atoms with Gasteiger partial charge in [0.1, 0.15) is 15.9 Å². The first-order valence-corrected chi connectivity index (χ1v) is 12.5. The van der Waals surface area contributed by atoms with Crippen molar-refractivity contribution in [3.63, 3.8) is 0 Å². The molecule has 0 bridgehead atoms. The van der Waals surface area contributed by atoms with Crippen molar-refractivity contribution in [2.24, 2.45) is 0 Å². The Hall–Kier alpha value is -3.15. The summed E-state index contributed by atoms with van der Waals surface area (Å²) in [4.78, 5) is 9.20. The Kier molecular flexibility index (Phi) is 5.24. The van der Waals surface area contributed by atoms with Gasteiger partial charge >= 0.3 is 0 Å². The van der Waals surface area contributed by atoms with Crippen LogP contribution in [0.1, 0.15) is 5.56 Å². The molecule has 0 radical (unpaired) electrons. The van der Waals surface area contributed by atoms with Crippen LogP contribution in [0.25, 0.3) is 22.1 Å². The summed E-state index contributed by atoms with van der Waals surface area (Å²) >= 11 is 4.42. The number of rotatable bonds is 5. The van der Waals surface area contributed by atoms with Crippen molar-refractivity contribution in [2.45, 2.75) is 11.8 Å². The summed E-state index contributed by atoms with van der Waals surface area (Å²) in [6.07, 6.45) is 0. The third-order valence-corrected chi connectivity index (χ3v) is 7.19. The van der Waals surface area contributed by atoms with Crippen molar-refractivity contribution in [3.8, 4) is 0 Å². The lowest BCUT2D eigenvalue weighted by atomic mass is 10.2. The maximum atomic E-state index is 13.3. The largest absolute Gasteiger partial charge is 0.337 e. The zero-order chi connectivity index (χ0) is 22.3. The lowest BCUT2D eigenvalue weighted by Gasteiger charge is -2.15. The molecule has 160 valence electrons. The number of sulfonamides is 1. The minimum Gasteiger partial charge on any atom is -0.337 e. The van der Waals surface area contributed by atoms with Gasteiger partial charge in [-0.15, -0.1) is 0 Å². The number of anilines is 3. The van der Waals surface area contributed by atoms with Gasteiger partial charge in [-0.2, -0.15) is 8.75 Å². The average Bonchev–Trinajstić information content (AvgIpc) is 3.24. The van der Waals surface area contributed by atoms with Gasteiger partial charge in [-0.05, 0) is 55.0 Å². The molecular weight excluding hydrogens is 512 g/mol. The molecule has 0 spiro atoms. The van der Waals surface area contributed by atoms with E-state index in [1.54, 1.807) is 18.2 Å². The highest BCUT2D eigenvalue weighted by atomic mass is 79.9. The van der Waals surface area contributed by atoms with Gasteiger partial charge in [-0.25, -0.2) is 18.4 Å². The van der Waals surface area contributed by atoms with Crippen LogP contribution in [0, 0.1) is 6.92 Å². The molecule has 2 N–H and O–H groups in total. The molecule has 0 aliphatic heterocycles. The van der Waals surface area contributed by atoms with Crippen molar-refractivity contribution in [1.29, 1.82) is 0 Å². The van der Waals surface area contributed by atoms with Gasteiger partial charge in [-0.1, -0.05) is 34.1 Å². The molecule has 0 saturated heterocycles. The second-order valence-corrected chi connectivity index (χ2v) is 10.1. The van der Waals surface area contributed by atoms with E-state index in [1.807, 2.05) is 43.3 Å². The smallest absolute Gasteiger partial charge is 0.265 e. The normalized spacial score (nSPS) is 11.7. The highest BCUT2D eigenvalue weighted by Crippen LogP contribution is 2.30. The fourth-order valence-electron chi connectivity index (χ4n) is 3.23. The Bertz CT molecular complexity index is 1590. The van der Waals surface area contributed by atoms with Crippen molar-refractivity contribution >= 4 is 77.1 Å². The molecular formula is C21H15BrN6O2S2. The molecule has 8 nitrogen and oxygen atoms in total. The molecule has 32 heavy (non-hydrogen) atoms. The molecule has 0 amide bonds. The Labute approximate surface area is 196 Å². The molecule has 0 saturated carbocycles. The molecule has 5 aromatic rings. The molecule has 0 fully saturated rings.